The van der Waals surface area contributed by atoms with Gasteiger partial charge >= 0.3 is 11.7 Å². The highest BCUT2D eigenvalue weighted by Crippen LogP contribution is 2.34. The lowest BCUT2D eigenvalue weighted by Gasteiger charge is -2.13. The SMILES string of the molecule is O=C(ON1C(=O)c2ccccc2C1=O)c1cnc2c(c1)c(=O)[nH]c(=O)n2C1CC1. The maximum Gasteiger partial charge on any atom is 0.365 e. The molecule has 0 spiro atoms. The summed E-state index contributed by atoms with van der Waals surface area (Å²) in [6.45, 7) is 0. The Morgan fingerprint density at radius 2 is 1.72 bits per heavy atom. The third-order valence-electron chi connectivity index (χ3n) is 4.86. The Bertz CT molecular complexity index is 1320. The van der Waals surface area contributed by atoms with Crippen LogP contribution in [0, 0.1) is 0 Å². The molecule has 2 aliphatic rings. The molecular formula is C19H12N4O6. The van der Waals surface area contributed by atoms with Crippen molar-refractivity contribution in [2.45, 2.75) is 18.9 Å². The summed E-state index contributed by atoms with van der Waals surface area (Å²) >= 11 is 0. The summed E-state index contributed by atoms with van der Waals surface area (Å²) in [6.07, 6.45) is 2.74. The van der Waals surface area contributed by atoms with Crippen LogP contribution in [0.15, 0.2) is 46.1 Å². The van der Waals surface area contributed by atoms with Crippen LogP contribution < -0.4 is 11.2 Å². The lowest BCUT2D eigenvalue weighted by Crippen LogP contribution is -2.33. The van der Waals surface area contributed by atoms with Gasteiger partial charge in [-0.2, -0.15) is 0 Å². The molecule has 10 nitrogen and oxygen atoms in total. The van der Waals surface area contributed by atoms with E-state index in [9.17, 15) is 24.0 Å². The number of benzene rings is 1. The van der Waals surface area contributed by atoms with E-state index in [-0.39, 0.29) is 33.8 Å². The van der Waals surface area contributed by atoms with Crippen molar-refractivity contribution in [2.75, 3.05) is 0 Å². The number of aromatic amines is 1. The van der Waals surface area contributed by atoms with Crippen molar-refractivity contribution < 1.29 is 19.2 Å². The van der Waals surface area contributed by atoms with Gasteiger partial charge in [0.2, 0.25) is 0 Å². The molecule has 0 atom stereocenters. The number of hydroxylamine groups is 2. The highest BCUT2D eigenvalue weighted by molar-refractivity contribution is 6.21. The standard InChI is InChI=1S/C19H12N4O6/c24-15-13-7-9(8-20-14(13)22(10-5-6-10)19(28)21-15)18(27)29-23-16(25)11-3-1-2-4-12(11)17(23)26/h1-4,7-8,10H,5-6H2,(H,21,24,28). The van der Waals surface area contributed by atoms with Gasteiger partial charge in [-0.15, -0.1) is 0 Å². The first-order chi connectivity index (χ1) is 14.0. The number of amides is 2. The van der Waals surface area contributed by atoms with Crippen molar-refractivity contribution >= 4 is 28.8 Å². The average Bonchev–Trinajstić information content (AvgIpc) is 3.52. The van der Waals surface area contributed by atoms with E-state index in [1.165, 1.54) is 22.8 Å². The highest BCUT2D eigenvalue weighted by Gasteiger charge is 2.39. The fraction of sp³-hybridized carbons (Fsp3) is 0.158. The fourth-order valence-corrected chi connectivity index (χ4v) is 3.31. The average molecular weight is 392 g/mol. The van der Waals surface area contributed by atoms with Crippen molar-refractivity contribution in [3.05, 3.63) is 74.1 Å². The van der Waals surface area contributed by atoms with Crippen molar-refractivity contribution in [2.24, 2.45) is 0 Å². The molecule has 29 heavy (non-hydrogen) atoms. The van der Waals surface area contributed by atoms with Crippen molar-refractivity contribution in [1.82, 2.24) is 19.6 Å². The molecule has 0 radical (unpaired) electrons. The first kappa shape index (κ1) is 17.0. The second-order valence-corrected chi connectivity index (χ2v) is 6.78. The zero-order valence-electron chi connectivity index (χ0n) is 14.7. The van der Waals surface area contributed by atoms with Gasteiger partial charge in [0.05, 0.1) is 22.1 Å². The number of aromatic nitrogens is 3. The Morgan fingerprint density at radius 1 is 1.07 bits per heavy atom. The van der Waals surface area contributed by atoms with Crippen molar-refractivity contribution in [1.29, 1.82) is 0 Å². The summed E-state index contributed by atoms with van der Waals surface area (Å²) < 4.78 is 1.38. The number of pyridine rings is 1. The molecule has 1 aromatic carbocycles. The number of fused-ring (bicyclic) bond motifs is 2. The van der Waals surface area contributed by atoms with Gasteiger partial charge in [0.15, 0.2) is 0 Å². The van der Waals surface area contributed by atoms with Gasteiger partial charge in [-0.1, -0.05) is 17.2 Å². The van der Waals surface area contributed by atoms with Crippen LogP contribution in [0.25, 0.3) is 11.0 Å². The predicted molar refractivity (Wildman–Crippen MR) is 97.3 cm³/mol. The summed E-state index contributed by atoms with van der Waals surface area (Å²) in [5.41, 5.74) is -0.957. The zero-order chi connectivity index (χ0) is 20.3. The molecule has 144 valence electrons. The number of hydrogen-bond donors (Lipinski definition) is 1. The maximum absolute atomic E-state index is 12.5. The molecule has 10 heteroatoms. The summed E-state index contributed by atoms with van der Waals surface area (Å²) in [5, 5.41) is 0.417. The van der Waals surface area contributed by atoms with Gasteiger partial charge in [0.25, 0.3) is 17.4 Å². The van der Waals surface area contributed by atoms with E-state index in [2.05, 4.69) is 9.97 Å². The molecule has 1 aliphatic heterocycles. The number of imide groups is 1. The molecule has 3 aromatic rings. The topological polar surface area (TPSA) is 131 Å². The molecule has 1 N–H and O–H groups in total. The Balaban J connectivity index is 1.50. The molecule has 0 unspecified atom stereocenters. The minimum absolute atomic E-state index is 0.0355. The largest absolute Gasteiger partial charge is 0.365 e. The molecule has 2 amide bonds. The van der Waals surface area contributed by atoms with Crippen LogP contribution >= 0.6 is 0 Å². The van der Waals surface area contributed by atoms with E-state index >= 15 is 0 Å². The Morgan fingerprint density at radius 3 is 2.34 bits per heavy atom. The van der Waals surface area contributed by atoms with Crippen LogP contribution in [0.2, 0.25) is 0 Å². The number of hydrogen-bond acceptors (Lipinski definition) is 7. The van der Waals surface area contributed by atoms with E-state index in [4.69, 9.17) is 4.84 Å². The van der Waals surface area contributed by atoms with Crippen LogP contribution in [0.1, 0.15) is 50.0 Å². The fourth-order valence-electron chi connectivity index (χ4n) is 3.31. The maximum atomic E-state index is 12.5. The molecule has 0 saturated heterocycles. The molecule has 5 rings (SSSR count). The smallest absolute Gasteiger partial charge is 0.324 e. The van der Waals surface area contributed by atoms with Gasteiger partial charge in [0, 0.05) is 12.2 Å². The monoisotopic (exact) mass is 392 g/mol. The molecule has 1 saturated carbocycles. The van der Waals surface area contributed by atoms with E-state index in [0.717, 1.165) is 19.0 Å². The number of H-pyrrole nitrogens is 1. The number of nitrogens with one attached hydrogen (secondary N) is 1. The lowest BCUT2D eigenvalue weighted by molar-refractivity contribution is -0.0584. The third kappa shape index (κ3) is 2.57. The van der Waals surface area contributed by atoms with Gasteiger partial charge in [-0.25, -0.2) is 14.6 Å². The predicted octanol–water partition coefficient (Wildman–Crippen LogP) is 0.788. The van der Waals surface area contributed by atoms with Gasteiger partial charge in [0.1, 0.15) is 5.65 Å². The van der Waals surface area contributed by atoms with Gasteiger partial charge in [-0.05, 0) is 31.0 Å². The lowest BCUT2D eigenvalue weighted by atomic mass is 10.1. The molecule has 0 bridgehead atoms. The summed E-state index contributed by atoms with van der Waals surface area (Å²) in [5.74, 6) is -2.54. The minimum Gasteiger partial charge on any atom is -0.324 e. The van der Waals surface area contributed by atoms with Gasteiger partial charge < -0.3 is 4.84 Å². The van der Waals surface area contributed by atoms with Gasteiger partial charge in [-0.3, -0.25) is 23.9 Å². The second kappa shape index (κ2) is 5.96. The quantitative estimate of drug-likeness (QED) is 0.652. The molecule has 1 fully saturated rings. The van der Waals surface area contributed by atoms with E-state index in [1.807, 2.05) is 0 Å². The molecule has 2 aromatic heterocycles. The van der Waals surface area contributed by atoms with E-state index in [0.29, 0.717) is 5.06 Å². The number of carbonyl (C=O) groups is 3. The summed E-state index contributed by atoms with van der Waals surface area (Å²) in [7, 11) is 0. The minimum atomic E-state index is -1.03. The van der Waals surface area contributed by atoms with Crippen molar-refractivity contribution in [3.8, 4) is 0 Å². The van der Waals surface area contributed by atoms with Crippen LogP contribution in [-0.4, -0.2) is 37.4 Å². The normalized spacial score (nSPS) is 15.7. The second-order valence-electron chi connectivity index (χ2n) is 6.78. The molecule has 3 heterocycles. The van der Waals surface area contributed by atoms with E-state index in [1.54, 1.807) is 12.1 Å². The Labute approximate surface area is 161 Å². The number of carbonyl (C=O) groups excluding carboxylic acids is 3. The van der Waals surface area contributed by atoms with E-state index < -0.39 is 29.0 Å². The van der Waals surface area contributed by atoms with Crippen molar-refractivity contribution in [3.63, 3.8) is 0 Å². The number of rotatable bonds is 3. The zero-order valence-corrected chi connectivity index (χ0v) is 14.7. The Kier molecular flexibility index (Phi) is 3.50. The Hall–Kier alpha value is -4.08. The van der Waals surface area contributed by atoms with Crippen LogP contribution in [-0.2, 0) is 4.84 Å². The van der Waals surface area contributed by atoms with Crippen LogP contribution in [0.4, 0.5) is 0 Å². The third-order valence-corrected chi connectivity index (χ3v) is 4.86. The first-order valence-corrected chi connectivity index (χ1v) is 8.80. The first-order valence-electron chi connectivity index (χ1n) is 8.80. The number of nitrogens with zero attached hydrogens (tertiary/aromatic N) is 3. The van der Waals surface area contributed by atoms with Crippen LogP contribution in [0.5, 0.6) is 0 Å². The summed E-state index contributed by atoms with van der Waals surface area (Å²) in [4.78, 5) is 72.7. The molecule has 1 aliphatic carbocycles. The highest BCUT2D eigenvalue weighted by atomic mass is 16.7. The summed E-state index contributed by atoms with van der Waals surface area (Å²) in [6, 6.07) is 7.28. The molecular weight excluding hydrogens is 380 g/mol. The van der Waals surface area contributed by atoms with Crippen LogP contribution in [0.3, 0.4) is 0 Å².